The highest BCUT2D eigenvalue weighted by atomic mass is 19.4. The molecule has 2 atom stereocenters. The average Bonchev–Trinajstić information content (AvgIpc) is 2.92. The zero-order valence-corrected chi connectivity index (χ0v) is 24.9. The second-order valence-corrected chi connectivity index (χ2v) is 10.1. The third-order valence-electron chi connectivity index (χ3n) is 6.30. The molecule has 246 valence electrons. The summed E-state index contributed by atoms with van der Waals surface area (Å²) < 4.78 is 31.7. The fourth-order valence-electron chi connectivity index (χ4n) is 3.84. The Labute approximate surface area is 247 Å². The van der Waals surface area contributed by atoms with Crippen LogP contribution in [0.2, 0.25) is 0 Å². The Morgan fingerprint density at radius 3 is 1.71 bits per heavy atom. The number of carboxylic acids is 2. The Balaban J connectivity index is 0. The van der Waals surface area contributed by atoms with Crippen molar-refractivity contribution in [2.75, 3.05) is 13.2 Å². The van der Waals surface area contributed by atoms with Crippen LogP contribution in [0.15, 0.2) is 12.2 Å². The van der Waals surface area contributed by atoms with E-state index in [1.807, 2.05) is 0 Å². The van der Waals surface area contributed by atoms with Gasteiger partial charge in [-0.2, -0.15) is 13.2 Å². The molecule has 0 rings (SSSR count). The first-order valence-corrected chi connectivity index (χ1v) is 15.0. The minimum Gasteiger partial charge on any atom is -0.480 e. The zero-order chi connectivity index (χ0) is 32.2. The molecule has 0 radical (unpaired) electrons. The molecule has 7 N–H and O–H groups in total. The second-order valence-electron chi connectivity index (χ2n) is 10.1. The van der Waals surface area contributed by atoms with E-state index in [1.54, 1.807) is 0 Å². The van der Waals surface area contributed by atoms with Gasteiger partial charge in [-0.25, -0.2) is 9.59 Å². The van der Waals surface area contributed by atoms with Gasteiger partial charge in [0.05, 0.1) is 6.61 Å². The smallest absolute Gasteiger partial charge is 0.480 e. The summed E-state index contributed by atoms with van der Waals surface area (Å²) in [6.07, 6.45) is 17.0. The number of amides is 2. The van der Waals surface area contributed by atoms with E-state index < -0.39 is 42.7 Å². The Kier molecular flexibility index (Phi) is 26.8. The lowest BCUT2D eigenvalue weighted by molar-refractivity contribution is -0.192. The molecule has 0 spiro atoms. The number of aliphatic hydroxyl groups is 1. The number of halogens is 3. The maximum atomic E-state index is 12.4. The molecule has 0 aromatic rings. The maximum Gasteiger partial charge on any atom is 0.490 e. The molecule has 0 aromatic carbocycles. The van der Waals surface area contributed by atoms with Crippen molar-refractivity contribution in [2.45, 2.75) is 134 Å². The van der Waals surface area contributed by atoms with Gasteiger partial charge in [0.15, 0.2) is 0 Å². The first kappa shape index (κ1) is 41.5. The molecule has 10 nitrogen and oxygen atoms in total. The van der Waals surface area contributed by atoms with Gasteiger partial charge in [-0.15, -0.1) is 0 Å². The number of allylic oxidation sites excluding steroid dienone is 2. The number of alkyl halides is 3. The van der Waals surface area contributed by atoms with Gasteiger partial charge in [0, 0.05) is 6.42 Å². The summed E-state index contributed by atoms with van der Waals surface area (Å²) in [5.41, 5.74) is 5.50. The molecule has 0 aliphatic heterocycles. The van der Waals surface area contributed by atoms with Crippen molar-refractivity contribution >= 4 is 23.8 Å². The fraction of sp³-hybridized carbons (Fsp3) is 0.793. The zero-order valence-electron chi connectivity index (χ0n) is 24.9. The van der Waals surface area contributed by atoms with Gasteiger partial charge < -0.3 is 31.7 Å². The van der Waals surface area contributed by atoms with E-state index in [0.717, 1.165) is 38.5 Å². The number of unbranched alkanes of at least 4 members (excludes halogenated alkanes) is 12. The lowest BCUT2D eigenvalue weighted by Crippen LogP contribution is -2.52. The van der Waals surface area contributed by atoms with Crippen LogP contribution in [0.5, 0.6) is 0 Å². The van der Waals surface area contributed by atoms with Gasteiger partial charge >= 0.3 is 18.1 Å². The number of aliphatic carboxylic acids is 2. The quantitative estimate of drug-likeness (QED) is 0.0663. The van der Waals surface area contributed by atoms with Crippen molar-refractivity contribution in [1.82, 2.24) is 10.6 Å². The molecule has 42 heavy (non-hydrogen) atoms. The number of nitrogens with one attached hydrogen (secondary N) is 2. The summed E-state index contributed by atoms with van der Waals surface area (Å²) in [5.74, 6) is -4.89. The van der Waals surface area contributed by atoms with Gasteiger partial charge in [-0.1, -0.05) is 70.4 Å². The lowest BCUT2D eigenvalue weighted by atomic mass is 10.1. The van der Waals surface area contributed by atoms with E-state index in [1.165, 1.54) is 44.9 Å². The number of rotatable bonds is 24. The predicted molar refractivity (Wildman–Crippen MR) is 155 cm³/mol. The van der Waals surface area contributed by atoms with E-state index >= 15 is 0 Å². The number of nitrogens with two attached hydrogens (primary N) is 1. The SMILES string of the molecule is CCCCCCCC/C=C\CCCCCCCC(=O)N[C@@H](CCCCN)C(=O)N[C@@H](CO)C(=O)O.O=C(O)C(F)(F)F. The van der Waals surface area contributed by atoms with Crippen molar-refractivity contribution in [3.63, 3.8) is 0 Å². The van der Waals surface area contributed by atoms with Crippen molar-refractivity contribution in [3.8, 4) is 0 Å². The number of carbonyl (C=O) groups is 4. The highest BCUT2D eigenvalue weighted by Gasteiger charge is 2.38. The minimum atomic E-state index is -5.08. The molecule has 0 heterocycles. The van der Waals surface area contributed by atoms with Crippen LogP contribution < -0.4 is 16.4 Å². The summed E-state index contributed by atoms with van der Waals surface area (Å²) in [4.78, 5) is 44.7. The van der Waals surface area contributed by atoms with Gasteiger partial charge in [0.1, 0.15) is 12.1 Å². The van der Waals surface area contributed by atoms with Crippen molar-refractivity contribution in [2.24, 2.45) is 5.73 Å². The number of aliphatic hydroxyl groups excluding tert-OH is 1. The van der Waals surface area contributed by atoms with E-state index in [2.05, 4.69) is 29.7 Å². The van der Waals surface area contributed by atoms with Gasteiger partial charge in [-0.05, 0) is 57.9 Å². The average molecular weight is 612 g/mol. The fourth-order valence-corrected chi connectivity index (χ4v) is 3.84. The molecule has 13 heteroatoms. The molecule has 0 saturated carbocycles. The summed E-state index contributed by atoms with van der Waals surface area (Å²) in [6, 6.07) is -2.22. The highest BCUT2D eigenvalue weighted by Crippen LogP contribution is 2.13. The molecule has 0 aliphatic carbocycles. The normalized spacial score (nSPS) is 12.7. The monoisotopic (exact) mass is 611 g/mol. The lowest BCUT2D eigenvalue weighted by Gasteiger charge is -2.20. The summed E-state index contributed by atoms with van der Waals surface area (Å²) in [6.45, 7) is 2.01. The number of hydrogen-bond acceptors (Lipinski definition) is 6. The van der Waals surface area contributed by atoms with Gasteiger partial charge in [0.2, 0.25) is 11.8 Å². The first-order valence-electron chi connectivity index (χ1n) is 15.0. The first-order chi connectivity index (χ1) is 19.9. The molecule has 2 amide bonds. The van der Waals surface area contributed by atoms with E-state index in [-0.39, 0.29) is 5.91 Å². The number of carboxylic acid groups (broad SMARTS) is 2. The molecular formula is C29H52F3N3O7. The number of hydrogen-bond donors (Lipinski definition) is 6. The van der Waals surface area contributed by atoms with Crippen LogP contribution >= 0.6 is 0 Å². The van der Waals surface area contributed by atoms with Gasteiger partial charge in [0.25, 0.3) is 0 Å². The second kappa shape index (κ2) is 27.2. The molecule has 0 aromatic heterocycles. The third kappa shape index (κ3) is 26.2. The molecule has 0 aliphatic rings. The highest BCUT2D eigenvalue weighted by molar-refractivity contribution is 5.90. The molecule has 0 saturated heterocycles. The molecule has 0 bridgehead atoms. The third-order valence-corrected chi connectivity index (χ3v) is 6.30. The summed E-state index contributed by atoms with van der Waals surface area (Å²) >= 11 is 0. The van der Waals surface area contributed by atoms with Crippen LogP contribution in [0.1, 0.15) is 116 Å². The van der Waals surface area contributed by atoms with Crippen molar-refractivity contribution < 1.29 is 47.7 Å². The van der Waals surface area contributed by atoms with Crippen molar-refractivity contribution in [3.05, 3.63) is 12.2 Å². The van der Waals surface area contributed by atoms with Crippen LogP contribution in [-0.2, 0) is 19.2 Å². The van der Waals surface area contributed by atoms with Crippen LogP contribution in [0.3, 0.4) is 0 Å². The summed E-state index contributed by atoms with van der Waals surface area (Å²) in [5, 5.41) is 30.3. The summed E-state index contributed by atoms with van der Waals surface area (Å²) in [7, 11) is 0. The van der Waals surface area contributed by atoms with E-state index in [0.29, 0.717) is 32.2 Å². The van der Waals surface area contributed by atoms with E-state index in [9.17, 15) is 27.6 Å². The minimum absolute atomic E-state index is 0.216. The van der Waals surface area contributed by atoms with Gasteiger partial charge in [-0.3, -0.25) is 9.59 Å². The molecular weight excluding hydrogens is 559 g/mol. The van der Waals surface area contributed by atoms with E-state index in [4.69, 9.17) is 25.8 Å². The molecule has 0 unspecified atom stereocenters. The van der Waals surface area contributed by atoms with Crippen LogP contribution in [0.4, 0.5) is 13.2 Å². The Morgan fingerprint density at radius 2 is 1.26 bits per heavy atom. The number of carbonyl (C=O) groups excluding carboxylic acids is 2. The predicted octanol–water partition coefficient (Wildman–Crippen LogP) is 4.83. The Morgan fingerprint density at radius 1 is 0.762 bits per heavy atom. The van der Waals surface area contributed by atoms with Crippen LogP contribution in [0.25, 0.3) is 0 Å². The standard InChI is InChI=1S/C27H51N3O5.C2HF3O2/c1-2-3-4-5-6-7-8-9-10-11-12-13-14-15-16-20-25(32)29-23(19-17-18-21-28)26(33)30-24(22-31)27(34)35;3-2(4,5)1(6)7/h9-10,23-24,31H,2-8,11-22,28H2,1H3,(H,29,32)(H,30,33)(H,34,35);(H,6,7)/b10-9-;/t23-,24-;/m0./s1. The Bertz CT molecular complexity index is 765. The topological polar surface area (TPSA) is 179 Å². The maximum absolute atomic E-state index is 12.4. The van der Waals surface area contributed by atoms with Crippen molar-refractivity contribution in [1.29, 1.82) is 0 Å². The largest absolute Gasteiger partial charge is 0.490 e. The molecule has 0 fully saturated rings. The van der Waals surface area contributed by atoms with Crippen LogP contribution in [-0.4, -0.2) is 70.5 Å². The van der Waals surface area contributed by atoms with Crippen LogP contribution in [0, 0.1) is 0 Å². The Hall–Kier alpha value is -2.67.